The van der Waals surface area contributed by atoms with Gasteiger partial charge in [-0.25, -0.2) is 9.59 Å². The first-order valence-corrected chi connectivity index (χ1v) is 6.53. The van der Waals surface area contributed by atoms with Crippen molar-refractivity contribution in [3.63, 3.8) is 0 Å². The number of carboxylic acids is 2. The van der Waals surface area contributed by atoms with Crippen LogP contribution in [0.5, 0.6) is 5.75 Å². The summed E-state index contributed by atoms with van der Waals surface area (Å²) in [6.07, 6.45) is 0. The molecule has 0 spiro atoms. The van der Waals surface area contributed by atoms with Gasteiger partial charge >= 0.3 is 11.9 Å². The monoisotopic (exact) mass is 297 g/mol. The van der Waals surface area contributed by atoms with Gasteiger partial charge in [-0.15, -0.1) is 0 Å². The Labute approximate surface area is 122 Å². The summed E-state index contributed by atoms with van der Waals surface area (Å²) >= 11 is 0. The summed E-state index contributed by atoms with van der Waals surface area (Å²) in [6.45, 7) is 5.50. The summed E-state index contributed by atoms with van der Waals surface area (Å²) in [5.41, 5.74) is 0. The fraction of sp³-hybridized carbons (Fsp3) is 0.429. The fourth-order valence-corrected chi connectivity index (χ4v) is 1.63. The molecule has 1 aliphatic heterocycles. The van der Waals surface area contributed by atoms with E-state index in [1.807, 2.05) is 30.3 Å². The maximum Gasteiger partial charge on any atom is 0.414 e. The van der Waals surface area contributed by atoms with E-state index in [1.165, 1.54) is 0 Å². The first kappa shape index (κ1) is 16.9. The average Bonchev–Trinajstić information content (AvgIpc) is 2.50. The summed E-state index contributed by atoms with van der Waals surface area (Å²) in [5.74, 6) is -2.70. The second-order valence-electron chi connectivity index (χ2n) is 4.23. The number of aliphatic carboxylic acids is 2. The highest BCUT2D eigenvalue weighted by Gasteiger charge is 2.09. The SMILES string of the molecule is O=C(O)C(=O)O.c1ccc(OCCN2CCOCC2)cc1. The molecule has 0 amide bonds. The van der Waals surface area contributed by atoms with Gasteiger partial charge in [0.15, 0.2) is 0 Å². The van der Waals surface area contributed by atoms with Gasteiger partial charge < -0.3 is 19.7 Å². The molecule has 2 N–H and O–H groups in total. The molecule has 1 aliphatic rings. The third kappa shape index (κ3) is 7.91. The van der Waals surface area contributed by atoms with Crippen molar-refractivity contribution in [2.75, 3.05) is 39.5 Å². The zero-order valence-corrected chi connectivity index (χ0v) is 11.6. The molecule has 1 fully saturated rings. The van der Waals surface area contributed by atoms with Crippen LogP contribution in [-0.4, -0.2) is 66.5 Å². The van der Waals surface area contributed by atoms with Gasteiger partial charge in [0.25, 0.3) is 0 Å². The maximum atomic E-state index is 9.10. The minimum atomic E-state index is -1.82. The number of hydrogen-bond acceptors (Lipinski definition) is 5. The lowest BCUT2D eigenvalue weighted by Crippen LogP contribution is -2.38. The summed E-state index contributed by atoms with van der Waals surface area (Å²) in [4.78, 5) is 20.6. The van der Waals surface area contributed by atoms with Gasteiger partial charge in [-0.2, -0.15) is 0 Å². The summed E-state index contributed by atoms with van der Waals surface area (Å²) < 4.78 is 10.9. The molecule has 1 aromatic carbocycles. The van der Waals surface area contributed by atoms with E-state index in [4.69, 9.17) is 29.3 Å². The normalized spacial score (nSPS) is 14.7. The van der Waals surface area contributed by atoms with E-state index in [0.29, 0.717) is 0 Å². The van der Waals surface area contributed by atoms with E-state index in [9.17, 15) is 0 Å². The molecule has 7 nitrogen and oxygen atoms in total. The van der Waals surface area contributed by atoms with Gasteiger partial charge in [-0.1, -0.05) is 18.2 Å². The highest BCUT2D eigenvalue weighted by atomic mass is 16.5. The summed E-state index contributed by atoms with van der Waals surface area (Å²) in [7, 11) is 0. The van der Waals surface area contributed by atoms with Crippen molar-refractivity contribution < 1.29 is 29.3 Å². The van der Waals surface area contributed by atoms with Gasteiger partial charge in [0.1, 0.15) is 12.4 Å². The molecular formula is C14H19NO6. The highest BCUT2D eigenvalue weighted by molar-refractivity contribution is 6.27. The standard InChI is InChI=1S/C12H17NO2.C2H2O4/c1-2-4-12(5-3-1)15-11-8-13-6-9-14-10-7-13;3-1(4)2(5)6/h1-5H,6-11H2;(H,3,4)(H,5,6). The molecule has 0 aromatic heterocycles. The molecular weight excluding hydrogens is 278 g/mol. The Morgan fingerprint density at radius 3 is 2.19 bits per heavy atom. The van der Waals surface area contributed by atoms with E-state index >= 15 is 0 Å². The molecule has 1 aromatic rings. The van der Waals surface area contributed by atoms with Gasteiger partial charge in [0.05, 0.1) is 13.2 Å². The summed E-state index contributed by atoms with van der Waals surface area (Å²) in [6, 6.07) is 9.95. The molecule has 0 radical (unpaired) electrons. The van der Waals surface area contributed by atoms with Crippen molar-refractivity contribution in [3.05, 3.63) is 30.3 Å². The van der Waals surface area contributed by atoms with Crippen LogP contribution in [0.1, 0.15) is 0 Å². The predicted molar refractivity (Wildman–Crippen MR) is 74.5 cm³/mol. The number of carboxylic acid groups (broad SMARTS) is 2. The molecule has 7 heteroatoms. The number of para-hydroxylation sites is 1. The van der Waals surface area contributed by atoms with E-state index < -0.39 is 11.9 Å². The first-order valence-electron chi connectivity index (χ1n) is 6.53. The van der Waals surface area contributed by atoms with E-state index in [-0.39, 0.29) is 0 Å². The van der Waals surface area contributed by atoms with Crippen LogP contribution in [0.4, 0.5) is 0 Å². The molecule has 0 saturated carbocycles. The van der Waals surface area contributed by atoms with Crippen molar-refractivity contribution >= 4 is 11.9 Å². The number of benzene rings is 1. The molecule has 21 heavy (non-hydrogen) atoms. The molecule has 0 bridgehead atoms. The Morgan fingerprint density at radius 1 is 1.10 bits per heavy atom. The second-order valence-corrected chi connectivity index (χ2v) is 4.23. The molecule has 1 saturated heterocycles. The lowest BCUT2D eigenvalue weighted by Gasteiger charge is -2.26. The molecule has 0 unspecified atom stereocenters. The fourth-order valence-electron chi connectivity index (χ4n) is 1.63. The van der Waals surface area contributed by atoms with Crippen molar-refractivity contribution in [1.82, 2.24) is 4.90 Å². The van der Waals surface area contributed by atoms with Gasteiger partial charge in [-0.3, -0.25) is 4.90 Å². The van der Waals surface area contributed by atoms with Crippen molar-refractivity contribution in [1.29, 1.82) is 0 Å². The number of rotatable bonds is 4. The van der Waals surface area contributed by atoms with Crippen molar-refractivity contribution in [2.24, 2.45) is 0 Å². The van der Waals surface area contributed by atoms with Crippen LogP contribution in [0.25, 0.3) is 0 Å². The highest BCUT2D eigenvalue weighted by Crippen LogP contribution is 2.08. The second kappa shape index (κ2) is 9.73. The van der Waals surface area contributed by atoms with Crippen molar-refractivity contribution in [3.8, 4) is 5.75 Å². The Morgan fingerprint density at radius 2 is 1.67 bits per heavy atom. The molecule has 1 heterocycles. The van der Waals surface area contributed by atoms with E-state index in [0.717, 1.165) is 45.2 Å². The Hall–Kier alpha value is -2.12. The average molecular weight is 297 g/mol. The molecule has 0 atom stereocenters. The van der Waals surface area contributed by atoms with Crippen LogP contribution in [0, 0.1) is 0 Å². The third-order valence-corrected chi connectivity index (χ3v) is 2.71. The zero-order chi connectivity index (χ0) is 15.5. The van der Waals surface area contributed by atoms with E-state index in [1.54, 1.807) is 0 Å². The van der Waals surface area contributed by atoms with Crippen LogP contribution in [0.15, 0.2) is 30.3 Å². The van der Waals surface area contributed by atoms with Crippen LogP contribution in [-0.2, 0) is 14.3 Å². The smallest absolute Gasteiger partial charge is 0.414 e. The third-order valence-electron chi connectivity index (χ3n) is 2.71. The minimum absolute atomic E-state index is 0.754. The Kier molecular flexibility index (Phi) is 7.85. The number of ether oxygens (including phenoxy) is 2. The van der Waals surface area contributed by atoms with Crippen LogP contribution < -0.4 is 4.74 Å². The minimum Gasteiger partial charge on any atom is -0.492 e. The Bertz CT molecular complexity index is 418. The maximum absolute atomic E-state index is 9.10. The molecule has 0 aliphatic carbocycles. The molecule has 2 rings (SSSR count). The van der Waals surface area contributed by atoms with Crippen LogP contribution in [0.3, 0.4) is 0 Å². The van der Waals surface area contributed by atoms with Crippen molar-refractivity contribution in [2.45, 2.75) is 0 Å². The van der Waals surface area contributed by atoms with Gasteiger partial charge in [-0.05, 0) is 12.1 Å². The lowest BCUT2D eigenvalue weighted by atomic mass is 10.3. The van der Waals surface area contributed by atoms with E-state index in [2.05, 4.69) is 4.90 Å². The number of nitrogens with zero attached hydrogens (tertiary/aromatic N) is 1. The number of carbonyl (C=O) groups is 2. The molecule has 116 valence electrons. The van der Waals surface area contributed by atoms with Gasteiger partial charge in [0, 0.05) is 19.6 Å². The predicted octanol–water partition coefficient (Wildman–Crippen LogP) is 0.553. The van der Waals surface area contributed by atoms with Crippen LogP contribution in [0.2, 0.25) is 0 Å². The number of morpholine rings is 1. The largest absolute Gasteiger partial charge is 0.492 e. The summed E-state index contributed by atoms with van der Waals surface area (Å²) in [5, 5.41) is 14.8. The first-order chi connectivity index (χ1) is 10.1. The quantitative estimate of drug-likeness (QED) is 0.783. The zero-order valence-electron chi connectivity index (χ0n) is 11.6. The lowest BCUT2D eigenvalue weighted by molar-refractivity contribution is -0.159. The Balaban J connectivity index is 0.000000315. The van der Waals surface area contributed by atoms with Crippen LogP contribution >= 0.6 is 0 Å². The number of hydrogen-bond donors (Lipinski definition) is 2. The van der Waals surface area contributed by atoms with Gasteiger partial charge in [0.2, 0.25) is 0 Å². The topological polar surface area (TPSA) is 96.3 Å².